The van der Waals surface area contributed by atoms with Gasteiger partial charge in [-0.3, -0.25) is 9.59 Å². The van der Waals surface area contributed by atoms with E-state index in [1.165, 1.54) is 17.6 Å². The van der Waals surface area contributed by atoms with Crippen molar-refractivity contribution in [3.63, 3.8) is 0 Å². The van der Waals surface area contributed by atoms with Gasteiger partial charge in [-0.25, -0.2) is 0 Å². The van der Waals surface area contributed by atoms with Crippen LogP contribution in [0.3, 0.4) is 0 Å². The molecule has 1 aromatic carbocycles. The van der Waals surface area contributed by atoms with Crippen molar-refractivity contribution < 1.29 is 14.0 Å². The van der Waals surface area contributed by atoms with E-state index in [4.69, 9.17) is 4.42 Å². The third kappa shape index (κ3) is 4.77. The third-order valence-corrected chi connectivity index (χ3v) is 5.19. The first kappa shape index (κ1) is 18.7. The van der Waals surface area contributed by atoms with Crippen molar-refractivity contribution in [1.82, 2.24) is 5.32 Å². The fourth-order valence-corrected chi connectivity index (χ4v) is 3.56. The Morgan fingerprint density at radius 3 is 2.59 bits per heavy atom. The Hall–Kier alpha value is -3.06. The van der Waals surface area contributed by atoms with Crippen LogP contribution in [0.4, 0.5) is 10.7 Å². The van der Waals surface area contributed by atoms with Crippen molar-refractivity contribution in [2.75, 3.05) is 30.4 Å². The molecule has 0 fully saturated rings. The van der Waals surface area contributed by atoms with Gasteiger partial charge in [0, 0.05) is 25.8 Å². The molecule has 0 aliphatic heterocycles. The summed E-state index contributed by atoms with van der Waals surface area (Å²) in [7, 11) is 1.99. The van der Waals surface area contributed by atoms with Gasteiger partial charge in [-0.15, -0.1) is 11.3 Å². The molecular formula is C20H21N3O3S. The molecule has 0 bridgehead atoms. The first-order chi connectivity index (χ1) is 13.0. The molecule has 0 saturated carbocycles. The molecule has 0 saturated heterocycles. The highest BCUT2D eigenvalue weighted by Crippen LogP contribution is 2.27. The summed E-state index contributed by atoms with van der Waals surface area (Å²) in [6.07, 6.45) is 1.44. The Balaban J connectivity index is 1.54. The molecule has 6 nitrogen and oxygen atoms in total. The summed E-state index contributed by atoms with van der Waals surface area (Å²) in [5.74, 6) is -0.244. The van der Waals surface area contributed by atoms with Crippen molar-refractivity contribution in [2.24, 2.45) is 0 Å². The van der Waals surface area contributed by atoms with E-state index in [9.17, 15) is 9.59 Å². The van der Waals surface area contributed by atoms with E-state index in [1.807, 2.05) is 44.3 Å². The smallest absolute Gasteiger partial charge is 0.291 e. The number of thiophene rings is 1. The van der Waals surface area contributed by atoms with Crippen molar-refractivity contribution >= 4 is 33.8 Å². The monoisotopic (exact) mass is 383 g/mol. The topological polar surface area (TPSA) is 74.6 Å². The van der Waals surface area contributed by atoms with E-state index >= 15 is 0 Å². The predicted molar refractivity (Wildman–Crippen MR) is 108 cm³/mol. The van der Waals surface area contributed by atoms with E-state index in [1.54, 1.807) is 18.2 Å². The summed E-state index contributed by atoms with van der Waals surface area (Å²) >= 11 is 1.25. The zero-order chi connectivity index (χ0) is 19.2. The number of likely N-dealkylation sites (N-methyl/N-ethyl adjacent to an activating group) is 1. The van der Waals surface area contributed by atoms with Gasteiger partial charge >= 0.3 is 0 Å². The zero-order valence-corrected chi connectivity index (χ0v) is 16.0. The number of rotatable bonds is 7. The minimum absolute atomic E-state index is 0.141. The molecule has 0 aliphatic rings. The first-order valence-corrected chi connectivity index (χ1v) is 9.36. The van der Waals surface area contributed by atoms with E-state index in [0.29, 0.717) is 23.0 Å². The summed E-state index contributed by atoms with van der Waals surface area (Å²) in [5.41, 5.74) is 1.92. The predicted octanol–water partition coefficient (Wildman–Crippen LogP) is 3.77. The number of benzene rings is 1. The van der Waals surface area contributed by atoms with Crippen molar-refractivity contribution in [3.05, 3.63) is 71.0 Å². The van der Waals surface area contributed by atoms with Crippen molar-refractivity contribution in [3.8, 4) is 0 Å². The van der Waals surface area contributed by atoms with Crippen LogP contribution in [-0.2, 0) is 0 Å². The lowest BCUT2D eigenvalue weighted by Gasteiger charge is -2.19. The Morgan fingerprint density at radius 2 is 1.89 bits per heavy atom. The second kappa shape index (κ2) is 8.55. The lowest BCUT2D eigenvalue weighted by molar-refractivity contribution is 0.0956. The average Bonchev–Trinajstić information content (AvgIpc) is 3.32. The zero-order valence-electron chi connectivity index (χ0n) is 15.2. The van der Waals surface area contributed by atoms with Gasteiger partial charge in [-0.1, -0.05) is 18.2 Å². The summed E-state index contributed by atoms with van der Waals surface area (Å²) < 4.78 is 5.07. The maximum atomic E-state index is 12.5. The Labute approximate surface area is 161 Å². The van der Waals surface area contributed by atoms with E-state index < -0.39 is 0 Å². The molecule has 2 N–H and O–H groups in total. The van der Waals surface area contributed by atoms with Gasteiger partial charge in [0.05, 0.1) is 16.1 Å². The molecule has 2 amide bonds. The van der Waals surface area contributed by atoms with Gasteiger partial charge in [-0.2, -0.15) is 0 Å². The largest absolute Gasteiger partial charge is 0.459 e. The number of carbonyl (C=O) groups excluding carboxylic acids is 2. The molecule has 2 heterocycles. The number of furan rings is 1. The molecule has 3 rings (SSSR count). The van der Waals surface area contributed by atoms with Crippen LogP contribution >= 0.6 is 11.3 Å². The minimum atomic E-state index is -0.335. The van der Waals surface area contributed by atoms with Crippen LogP contribution in [0.5, 0.6) is 0 Å². The molecule has 0 aliphatic carbocycles. The van der Waals surface area contributed by atoms with Crippen LogP contribution < -0.4 is 15.5 Å². The maximum absolute atomic E-state index is 12.5. The molecule has 2 aromatic heterocycles. The lowest BCUT2D eigenvalue weighted by Crippen LogP contribution is -2.32. The highest BCUT2D eigenvalue weighted by molar-refractivity contribution is 7.18. The number of anilines is 2. The quantitative estimate of drug-likeness (QED) is 0.651. The SMILES string of the molecule is Cc1cc(NC(=O)c2ccco2)sc1C(=O)NCCN(C)c1ccccc1. The second-order valence-electron chi connectivity index (χ2n) is 6.07. The van der Waals surface area contributed by atoms with Crippen LogP contribution in [0.25, 0.3) is 0 Å². The third-order valence-electron chi connectivity index (χ3n) is 4.04. The lowest BCUT2D eigenvalue weighted by atomic mass is 10.2. The molecule has 0 spiro atoms. The molecule has 140 valence electrons. The summed E-state index contributed by atoms with van der Waals surface area (Å²) in [5, 5.41) is 6.30. The van der Waals surface area contributed by atoms with Crippen molar-refractivity contribution in [1.29, 1.82) is 0 Å². The molecule has 0 unspecified atom stereocenters. The average molecular weight is 383 g/mol. The van der Waals surface area contributed by atoms with Gasteiger partial charge in [0.1, 0.15) is 0 Å². The van der Waals surface area contributed by atoms with Gasteiger partial charge in [0.2, 0.25) is 0 Å². The van der Waals surface area contributed by atoms with Gasteiger partial charge in [-0.05, 0) is 42.8 Å². The summed E-state index contributed by atoms with van der Waals surface area (Å²) in [4.78, 5) is 27.2. The number of carbonyl (C=O) groups is 2. The van der Waals surface area contributed by atoms with E-state index in [0.717, 1.165) is 11.3 Å². The number of nitrogens with one attached hydrogen (secondary N) is 2. The van der Waals surface area contributed by atoms with E-state index in [-0.39, 0.29) is 17.6 Å². The summed E-state index contributed by atoms with van der Waals surface area (Å²) in [6.45, 7) is 3.07. The first-order valence-electron chi connectivity index (χ1n) is 8.54. The fraction of sp³-hybridized carbons (Fsp3) is 0.200. The van der Waals surface area contributed by atoms with Crippen LogP contribution in [0.1, 0.15) is 25.8 Å². The number of para-hydroxylation sites is 1. The maximum Gasteiger partial charge on any atom is 0.291 e. The Morgan fingerprint density at radius 1 is 1.11 bits per heavy atom. The molecular weight excluding hydrogens is 362 g/mol. The summed E-state index contributed by atoms with van der Waals surface area (Å²) in [6, 6.07) is 15.0. The van der Waals surface area contributed by atoms with E-state index in [2.05, 4.69) is 15.5 Å². The minimum Gasteiger partial charge on any atom is -0.459 e. The number of nitrogens with zero attached hydrogens (tertiary/aromatic N) is 1. The molecule has 7 heteroatoms. The standard InChI is InChI=1S/C20H21N3O3S/c1-14-13-17(22-19(24)16-9-6-12-26-16)27-18(14)20(25)21-10-11-23(2)15-7-4-3-5-8-15/h3-9,12-13H,10-11H2,1-2H3,(H,21,25)(H,22,24). The number of aryl methyl sites for hydroxylation is 1. The van der Waals surface area contributed by atoms with Crippen LogP contribution in [-0.4, -0.2) is 32.0 Å². The number of hydrogen-bond acceptors (Lipinski definition) is 5. The fourth-order valence-electron chi connectivity index (χ4n) is 2.58. The highest BCUT2D eigenvalue weighted by Gasteiger charge is 2.16. The van der Waals surface area contributed by atoms with Crippen LogP contribution in [0.15, 0.2) is 59.2 Å². The van der Waals surface area contributed by atoms with Gasteiger partial charge in [0.15, 0.2) is 5.76 Å². The Bertz CT molecular complexity index is 904. The van der Waals surface area contributed by atoms with Crippen LogP contribution in [0.2, 0.25) is 0 Å². The molecule has 0 radical (unpaired) electrons. The second-order valence-corrected chi connectivity index (χ2v) is 7.12. The van der Waals surface area contributed by atoms with Crippen LogP contribution in [0, 0.1) is 6.92 Å². The van der Waals surface area contributed by atoms with Gasteiger partial charge < -0.3 is 20.0 Å². The molecule has 3 aromatic rings. The highest BCUT2D eigenvalue weighted by atomic mass is 32.1. The van der Waals surface area contributed by atoms with Crippen molar-refractivity contribution in [2.45, 2.75) is 6.92 Å². The molecule has 0 atom stereocenters. The van der Waals surface area contributed by atoms with Gasteiger partial charge in [0.25, 0.3) is 11.8 Å². The number of amides is 2. The number of hydrogen-bond donors (Lipinski definition) is 2. The molecule has 27 heavy (non-hydrogen) atoms. The normalized spacial score (nSPS) is 10.4. The Kier molecular flexibility index (Phi) is 5.93.